The molecule has 0 aliphatic rings. The molecule has 0 aliphatic heterocycles. The molecule has 0 bridgehead atoms. The van der Waals surface area contributed by atoms with E-state index in [4.69, 9.17) is 0 Å². The first-order valence-corrected chi connectivity index (χ1v) is 9.77. The van der Waals surface area contributed by atoms with Crippen LogP contribution < -0.4 is 6.15 Å². The first-order chi connectivity index (χ1) is 9.77. The van der Waals surface area contributed by atoms with Crippen molar-refractivity contribution < 1.29 is 0 Å². The monoisotopic (exact) mass is 335 g/mol. The molecule has 0 amide bonds. The van der Waals surface area contributed by atoms with Crippen molar-refractivity contribution in [2.24, 2.45) is 5.92 Å². The van der Waals surface area contributed by atoms with E-state index in [1.54, 1.807) is 0 Å². The third kappa shape index (κ3) is 25.2. The van der Waals surface area contributed by atoms with Crippen LogP contribution in [-0.4, -0.2) is 0 Å². The number of unbranched alkanes of at least 4 members (excludes halogenated alkanes) is 14. The Kier molecular flexibility index (Phi) is 29.0. The van der Waals surface area contributed by atoms with Crippen molar-refractivity contribution in [3.8, 4) is 0 Å². The third-order valence-electron chi connectivity index (χ3n) is 4.39. The van der Waals surface area contributed by atoms with Crippen LogP contribution in [0, 0.1) is 5.92 Å². The Hall–Kier alpha value is 0.250. The Balaban J connectivity index is -0.00000180. The van der Waals surface area contributed by atoms with E-state index in [-0.39, 0.29) is 18.6 Å². The van der Waals surface area contributed by atoms with Crippen molar-refractivity contribution in [3.05, 3.63) is 0 Å². The zero-order valence-electron chi connectivity index (χ0n) is 16.0. The molecule has 0 aliphatic carbocycles. The standard InChI is InChI=1S/C20H42.ClH.H3N/c1-4-5-6-7-8-9-10-11-12-13-14-15-16-17-18-19-20(2)3;;/h20H,4-19H2,1-3H3;1H;1H3. The molecule has 0 spiro atoms. The third-order valence-corrected chi connectivity index (χ3v) is 4.39. The molecular formula is C20H46ClN. The molecule has 22 heavy (non-hydrogen) atoms. The van der Waals surface area contributed by atoms with Gasteiger partial charge in [0.25, 0.3) is 0 Å². The average molecular weight is 336 g/mol. The molecule has 0 saturated carbocycles. The summed E-state index contributed by atoms with van der Waals surface area (Å²) in [7, 11) is 0. The van der Waals surface area contributed by atoms with Gasteiger partial charge in [-0.2, -0.15) is 0 Å². The van der Waals surface area contributed by atoms with Crippen LogP contribution in [0.25, 0.3) is 0 Å². The number of hydrogen-bond donors (Lipinski definition) is 1. The lowest BCUT2D eigenvalue weighted by atomic mass is 10.0. The predicted octanol–water partition coefficient (Wildman–Crippen LogP) is 8.49. The Morgan fingerprint density at radius 1 is 0.500 bits per heavy atom. The summed E-state index contributed by atoms with van der Waals surface area (Å²) in [5.41, 5.74) is 0. The smallest absolute Gasteiger partial charge is 0.0471 e. The van der Waals surface area contributed by atoms with E-state index < -0.39 is 0 Å². The van der Waals surface area contributed by atoms with Crippen LogP contribution in [-0.2, 0) is 0 Å². The van der Waals surface area contributed by atoms with Gasteiger partial charge in [-0.25, -0.2) is 0 Å². The topological polar surface area (TPSA) is 35.0 Å². The molecule has 0 aromatic heterocycles. The Morgan fingerprint density at radius 2 is 0.773 bits per heavy atom. The first-order valence-electron chi connectivity index (χ1n) is 9.77. The summed E-state index contributed by atoms with van der Waals surface area (Å²) < 4.78 is 0. The van der Waals surface area contributed by atoms with Crippen LogP contribution >= 0.6 is 12.4 Å². The van der Waals surface area contributed by atoms with Gasteiger partial charge in [0.2, 0.25) is 0 Å². The molecule has 0 atom stereocenters. The van der Waals surface area contributed by atoms with E-state index >= 15 is 0 Å². The SMILES string of the molecule is CCCCCCCCCCCCCCCCCC(C)C.Cl.N. The number of hydrogen-bond acceptors (Lipinski definition) is 1. The van der Waals surface area contributed by atoms with Gasteiger partial charge in [-0.1, -0.05) is 124 Å². The summed E-state index contributed by atoms with van der Waals surface area (Å²) >= 11 is 0. The fourth-order valence-corrected chi connectivity index (χ4v) is 2.92. The Labute approximate surface area is 148 Å². The molecule has 0 saturated heterocycles. The van der Waals surface area contributed by atoms with E-state index in [0.29, 0.717) is 0 Å². The van der Waals surface area contributed by atoms with E-state index in [2.05, 4.69) is 20.8 Å². The minimum absolute atomic E-state index is 0. The fraction of sp³-hybridized carbons (Fsp3) is 1.00. The van der Waals surface area contributed by atoms with Crippen molar-refractivity contribution in [2.45, 2.75) is 124 Å². The summed E-state index contributed by atoms with van der Waals surface area (Å²) in [6.45, 7) is 6.97. The minimum atomic E-state index is 0. The van der Waals surface area contributed by atoms with Crippen LogP contribution in [0.5, 0.6) is 0 Å². The van der Waals surface area contributed by atoms with Crippen molar-refractivity contribution in [2.75, 3.05) is 0 Å². The lowest BCUT2D eigenvalue weighted by Crippen LogP contribution is -1.87. The Bertz CT molecular complexity index is 171. The van der Waals surface area contributed by atoms with Gasteiger partial charge < -0.3 is 6.15 Å². The van der Waals surface area contributed by atoms with Crippen molar-refractivity contribution in [1.82, 2.24) is 6.15 Å². The van der Waals surface area contributed by atoms with Crippen molar-refractivity contribution in [1.29, 1.82) is 0 Å². The van der Waals surface area contributed by atoms with E-state index in [0.717, 1.165) is 5.92 Å². The van der Waals surface area contributed by atoms with Crippen LogP contribution in [0.2, 0.25) is 0 Å². The molecule has 0 unspecified atom stereocenters. The second-order valence-corrected chi connectivity index (χ2v) is 7.13. The van der Waals surface area contributed by atoms with Gasteiger partial charge in [0.15, 0.2) is 0 Å². The van der Waals surface area contributed by atoms with Gasteiger partial charge in [-0.05, 0) is 5.92 Å². The summed E-state index contributed by atoms with van der Waals surface area (Å²) in [5, 5.41) is 0. The van der Waals surface area contributed by atoms with Gasteiger partial charge in [0, 0.05) is 0 Å². The zero-order valence-corrected chi connectivity index (χ0v) is 16.8. The largest absolute Gasteiger partial charge is 0.344 e. The molecular weight excluding hydrogens is 290 g/mol. The highest BCUT2D eigenvalue weighted by Crippen LogP contribution is 2.14. The molecule has 2 heteroatoms. The number of rotatable bonds is 16. The van der Waals surface area contributed by atoms with Crippen LogP contribution in [0.15, 0.2) is 0 Å². The predicted molar refractivity (Wildman–Crippen MR) is 107 cm³/mol. The highest BCUT2D eigenvalue weighted by Gasteiger charge is 1.95. The second-order valence-electron chi connectivity index (χ2n) is 7.13. The molecule has 0 aromatic carbocycles. The van der Waals surface area contributed by atoms with Gasteiger partial charge in [-0.3, -0.25) is 0 Å². The molecule has 0 fully saturated rings. The molecule has 1 nitrogen and oxygen atoms in total. The summed E-state index contributed by atoms with van der Waals surface area (Å²) in [6.07, 6.45) is 23.5. The van der Waals surface area contributed by atoms with E-state index in [1.165, 1.54) is 103 Å². The van der Waals surface area contributed by atoms with Crippen LogP contribution in [0.3, 0.4) is 0 Å². The van der Waals surface area contributed by atoms with Crippen LogP contribution in [0.4, 0.5) is 0 Å². The maximum atomic E-state index is 2.34. The van der Waals surface area contributed by atoms with Crippen molar-refractivity contribution >= 4 is 12.4 Å². The average Bonchev–Trinajstić information content (AvgIpc) is 2.43. The van der Waals surface area contributed by atoms with Gasteiger partial charge in [-0.15, -0.1) is 12.4 Å². The Morgan fingerprint density at radius 3 is 1.05 bits per heavy atom. The first kappa shape index (κ1) is 27.1. The number of halogens is 1. The summed E-state index contributed by atoms with van der Waals surface area (Å²) in [6, 6.07) is 0. The molecule has 0 aromatic rings. The quantitative estimate of drug-likeness (QED) is 0.282. The fourth-order valence-electron chi connectivity index (χ4n) is 2.92. The maximum Gasteiger partial charge on any atom is -0.0471 e. The summed E-state index contributed by atoms with van der Waals surface area (Å²) in [5.74, 6) is 0.900. The lowest BCUT2D eigenvalue weighted by molar-refractivity contribution is 0.502. The normalized spacial score (nSPS) is 10.4. The highest BCUT2D eigenvalue weighted by atomic mass is 35.5. The highest BCUT2D eigenvalue weighted by molar-refractivity contribution is 5.85. The molecule has 0 radical (unpaired) electrons. The molecule has 138 valence electrons. The van der Waals surface area contributed by atoms with E-state index in [1.807, 2.05) is 0 Å². The van der Waals surface area contributed by atoms with E-state index in [9.17, 15) is 0 Å². The van der Waals surface area contributed by atoms with Crippen molar-refractivity contribution in [3.63, 3.8) is 0 Å². The second kappa shape index (κ2) is 23.5. The molecule has 0 rings (SSSR count). The summed E-state index contributed by atoms with van der Waals surface area (Å²) in [4.78, 5) is 0. The lowest BCUT2D eigenvalue weighted by Gasteiger charge is -2.05. The van der Waals surface area contributed by atoms with Gasteiger partial charge in [0.1, 0.15) is 0 Å². The zero-order chi connectivity index (χ0) is 14.9. The maximum absolute atomic E-state index is 2.34. The van der Waals surface area contributed by atoms with Gasteiger partial charge in [0.05, 0.1) is 0 Å². The molecule has 0 heterocycles. The van der Waals surface area contributed by atoms with Gasteiger partial charge >= 0.3 is 0 Å². The molecule has 3 N–H and O–H groups in total. The van der Waals surface area contributed by atoms with Crippen LogP contribution in [0.1, 0.15) is 124 Å². The minimum Gasteiger partial charge on any atom is -0.344 e.